The van der Waals surface area contributed by atoms with Gasteiger partial charge in [-0.05, 0) is 30.9 Å². The average Bonchev–Trinajstić information content (AvgIpc) is 3.18. The number of carbonyl (C=O) groups is 1. The van der Waals surface area contributed by atoms with Gasteiger partial charge in [0.15, 0.2) is 0 Å². The molecule has 0 heterocycles. The Hall–Kier alpha value is -1.35. The van der Waals surface area contributed by atoms with Gasteiger partial charge in [-0.15, -0.1) is 0 Å². The molecule has 1 aliphatic carbocycles. The van der Waals surface area contributed by atoms with E-state index in [-0.39, 0.29) is 11.3 Å². The minimum atomic E-state index is -0.254. The molecule has 2 rings (SSSR count). The van der Waals surface area contributed by atoms with Crippen molar-refractivity contribution in [1.29, 1.82) is 0 Å². The summed E-state index contributed by atoms with van der Waals surface area (Å²) < 4.78 is 0. The maximum Gasteiger partial charge on any atom is 0.230 e. The fourth-order valence-electron chi connectivity index (χ4n) is 2.05. The van der Waals surface area contributed by atoms with E-state index in [1.54, 1.807) is 0 Å². The second kappa shape index (κ2) is 4.88. The number of nitrogens with two attached hydrogens (primary N) is 1. The number of amides is 1. The molecule has 1 saturated carbocycles. The summed E-state index contributed by atoms with van der Waals surface area (Å²) in [6, 6.07) is 10.0. The van der Waals surface area contributed by atoms with Crippen LogP contribution in [0.4, 0.5) is 0 Å². The van der Waals surface area contributed by atoms with Crippen molar-refractivity contribution in [3.8, 4) is 0 Å². The van der Waals surface area contributed by atoms with Crippen LogP contribution in [0.1, 0.15) is 25.3 Å². The Balaban J connectivity index is 2.00. The molecule has 0 saturated heterocycles. The molecule has 1 atom stereocenters. The molecule has 0 aromatic heterocycles. The third-order valence-electron chi connectivity index (χ3n) is 3.52. The van der Waals surface area contributed by atoms with Crippen LogP contribution in [0.25, 0.3) is 0 Å². The maximum absolute atomic E-state index is 12.2. The minimum absolute atomic E-state index is 0.156. The summed E-state index contributed by atoms with van der Waals surface area (Å²) in [5.41, 5.74) is 6.43. The number of hydrogen-bond acceptors (Lipinski definition) is 2. The molecule has 0 radical (unpaired) electrons. The van der Waals surface area contributed by atoms with Gasteiger partial charge in [-0.2, -0.15) is 0 Å². The van der Waals surface area contributed by atoms with Crippen molar-refractivity contribution in [1.82, 2.24) is 5.32 Å². The fraction of sp³-hybridized carbons (Fsp3) is 0.500. The molecule has 92 valence electrons. The van der Waals surface area contributed by atoms with Gasteiger partial charge in [-0.3, -0.25) is 4.79 Å². The number of rotatable bonds is 5. The van der Waals surface area contributed by atoms with Crippen LogP contribution in [0.2, 0.25) is 0 Å². The number of hydrogen-bond donors (Lipinski definition) is 2. The van der Waals surface area contributed by atoms with Crippen molar-refractivity contribution < 1.29 is 4.79 Å². The average molecular weight is 232 g/mol. The molecule has 1 amide bonds. The first-order valence-electron chi connectivity index (χ1n) is 6.23. The molecule has 0 aliphatic heterocycles. The van der Waals surface area contributed by atoms with Crippen molar-refractivity contribution >= 4 is 5.91 Å². The minimum Gasteiger partial charge on any atom is -0.355 e. The summed E-state index contributed by atoms with van der Waals surface area (Å²) in [5, 5.41) is 3.02. The first kappa shape index (κ1) is 12.1. The predicted molar refractivity (Wildman–Crippen MR) is 68.6 cm³/mol. The first-order chi connectivity index (χ1) is 8.19. The largest absolute Gasteiger partial charge is 0.355 e. The highest BCUT2D eigenvalue weighted by Gasteiger charge is 2.50. The molecule has 1 aromatic rings. The Morgan fingerprint density at radius 3 is 2.59 bits per heavy atom. The van der Waals surface area contributed by atoms with Crippen LogP contribution in [-0.2, 0) is 10.2 Å². The van der Waals surface area contributed by atoms with Gasteiger partial charge in [-0.1, -0.05) is 37.3 Å². The van der Waals surface area contributed by atoms with Gasteiger partial charge in [0.1, 0.15) is 0 Å². The maximum atomic E-state index is 12.2. The molecule has 3 N–H and O–H groups in total. The third-order valence-corrected chi connectivity index (χ3v) is 3.52. The van der Waals surface area contributed by atoms with Crippen LogP contribution >= 0.6 is 0 Å². The predicted octanol–water partition coefficient (Wildman–Crippen LogP) is 1.43. The Morgan fingerprint density at radius 1 is 1.41 bits per heavy atom. The van der Waals surface area contributed by atoms with Gasteiger partial charge in [0.2, 0.25) is 5.91 Å². The number of benzene rings is 1. The van der Waals surface area contributed by atoms with E-state index in [9.17, 15) is 4.79 Å². The quantitative estimate of drug-likeness (QED) is 0.807. The van der Waals surface area contributed by atoms with Crippen LogP contribution in [-0.4, -0.2) is 19.0 Å². The molecule has 1 fully saturated rings. The lowest BCUT2D eigenvalue weighted by atomic mass is 9.95. The fourth-order valence-corrected chi connectivity index (χ4v) is 2.05. The second-order valence-corrected chi connectivity index (χ2v) is 5.00. The van der Waals surface area contributed by atoms with Gasteiger partial charge < -0.3 is 11.1 Å². The summed E-state index contributed by atoms with van der Waals surface area (Å²) in [7, 11) is 0. The summed E-state index contributed by atoms with van der Waals surface area (Å²) in [6.07, 6.45) is 1.92. The first-order valence-corrected chi connectivity index (χ1v) is 6.23. The monoisotopic (exact) mass is 232 g/mol. The van der Waals surface area contributed by atoms with E-state index >= 15 is 0 Å². The van der Waals surface area contributed by atoms with Gasteiger partial charge in [-0.25, -0.2) is 0 Å². The van der Waals surface area contributed by atoms with Crippen molar-refractivity contribution in [2.75, 3.05) is 13.1 Å². The normalized spacial score (nSPS) is 18.5. The Kier molecular flexibility index (Phi) is 3.48. The molecule has 3 heteroatoms. The van der Waals surface area contributed by atoms with Gasteiger partial charge >= 0.3 is 0 Å². The molecular formula is C14H20N2O. The Labute approximate surface area is 102 Å². The molecule has 0 bridgehead atoms. The lowest BCUT2D eigenvalue weighted by Crippen LogP contribution is -2.38. The highest BCUT2D eigenvalue weighted by Crippen LogP contribution is 2.48. The number of carbonyl (C=O) groups excluding carboxylic acids is 1. The van der Waals surface area contributed by atoms with E-state index in [4.69, 9.17) is 5.73 Å². The smallest absolute Gasteiger partial charge is 0.230 e. The van der Waals surface area contributed by atoms with E-state index in [0.29, 0.717) is 19.0 Å². The zero-order valence-corrected chi connectivity index (χ0v) is 10.3. The standard InChI is InChI=1S/C14H20N2O/c1-11(9-15)10-16-13(17)14(7-8-14)12-5-3-2-4-6-12/h2-6,11H,7-10,15H2,1H3,(H,16,17). The zero-order chi connectivity index (χ0) is 12.3. The van der Waals surface area contributed by atoms with Gasteiger partial charge in [0.25, 0.3) is 0 Å². The second-order valence-electron chi connectivity index (χ2n) is 5.00. The molecule has 3 nitrogen and oxygen atoms in total. The molecule has 1 aliphatic rings. The van der Waals surface area contributed by atoms with E-state index < -0.39 is 0 Å². The highest BCUT2D eigenvalue weighted by atomic mass is 16.2. The SMILES string of the molecule is CC(CN)CNC(=O)C1(c2ccccc2)CC1. The van der Waals surface area contributed by atoms with Gasteiger partial charge in [0, 0.05) is 6.54 Å². The number of nitrogens with one attached hydrogen (secondary N) is 1. The summed E-state index contributed by atoms with van der Waals surface area (Å²) in [5.74, 6) is 0.495. The summed E-state index contributed by atoms with van der Waals surface area (Å²) in [6.45, 7) is 3.32. The van der Waals surface area contributed by atoms with Crippen LogP contribution in [0.15, 0.2) is 30.3 Å². The van der Waals surface area contributed by atoms with Crippen molar-refractivity contribution in [2.45, 2.75) is 25.2 Å². The van der Waals surface area contributed by atoms with E-state index in [2.05, 4.69) is 5.32 Å². The summed E-state index contributed by atoms with van der Waals surface area (Å²) >= 11 is 0. The van der Waals surface area contributed by atoms with E-state index in [1.807, 2.05) is 37.3 Å². The van der Waals surface area contributed by atoms with Crippen molar-refractivity contribution in [3.63, 3.8) is 0 Å². The zero-order valence-electron chi connectivity index (χ0n) is 10.3. The molecule has 17 heavy (non-hydrogen) atoms. The summed E-state index contributed by atoms with van der Waals surface area (Å²) in [4.78, 5) is 12.2. The Bertz CT molecular complexity index is 384. The van der Waals surface area contributed by atoms with Crippen LogP contribution in [0.5, 0.6) is 0 Å². The van der Waals surface area contributed by atoms with Crippen LogP contribution in [0.3, 0.4) is 0 Å². The topological polar surface area (TPSA) is 55.1 Å². The van der Waals surface area contributed by atoms with E-state index in [1.165, 1.54) is 0 Å². The van der Waals surface area contributed by atoms with Crippen molar-refractivity contribution in [3.05, 3.63) is 35.9 Å². The molecule has 1 aromatic carbocycles. The Morgan fingerprint density at radius 2 is 2.06 bits per heavy atom. The third kappa shape index (κ3) is 2.50. The van der Waals surface area contributed by atoms with Crippen LogP contribution in [0, 0.1) is 5.92 Å². The lowest BCUT2D eigenvalue weighted by Gasteiger charge is -2.17. The lowest BCUT2D eigenvalue weighted by molar-refractivity contribution is -0.123. The van der Waals surface area contributed by atoms with E-state index in [0.717, 1.165) is 18.4 Å². The van der Waals surface area contributed by atoms with Gasteiger partial charge in [0.05, 0.1) is 5.41 Å². The van der Waals surface area contributed by atoms with Crippen LogP contribution < -0.4 is 11.1 Å². The molecule has 0 spiro atoms. The van der Waals surface area contributed by atoms with Crippen molar-refractivity contribution in [2.24, 2.45) is 11.7 Å². The highest BCUT2D eigenvalue weighted by molar-refractivity contribution is 5.91. The molecule has 1 unspecified atom stereocenters. The molecular weight excluding hydrogens is 212 g/mol.